The van der Waals surface area contributed by atoms with Crippen LogP contribution in [0.3, 0.4) is 0 Å². The van der Waals surface area contributed by atoms with Gasteiger partial charge in [0.15, 0.2) is 0 Å². The second-order valence-corrected chi connectivity index (χ2v) is 6.66. The smallest absolute Gasteiger partial charge is 0.233 e. The number of carbonyl (C=O) groups is 1. The first kappa shape index (κ1) is 15.1. The summed E-state index contributed by atoms with van der Waals surface area (Å²) < 4.78 is 0. The number of carbonyl (C=O) groups excluding carboxylic acids is 1. The highest BCUT2D eigenvalue weighted by Crippen LogP contribution is 2.36. The van der Waals surface area contributed by atoms with Gasteiger partial charge in [0.25, 0.3) is 0 Å². The maximum Gasteiger partial charge on any atom is 0.233 e. The Kier molecular flexibility index (Phi) is 4.78. The van der Waals surface area contributed by atoms with Crippen molar-refractivity contribution in [3.8, 4) is 0 Å². The fourth-order valence-corrected chi connectivity index (χ4v) is 4.17. The second-order valence-electron chi connectivity index (χ2n) is 5.56. The summed E-state index contributed by atoms with van der Waals surface area (Å²) in [4.78, 5) is 18.6. The molecule has 0 bridgehead atoms. The molecule has 22 heavy (non-hydrogen) atoms. The van der Waals surface area contributed by atoms with Crippen molar-refractivity contribution < 1.29 is 4.79 Å². The Morgan fingerprint density at radius 2 is 2.00 bits per heavy atom. The zero-order valence-corrected chi connectivity index (χ0v) is 13.5. The van der Waals surface area contributed by atoms with Gasteiger partial charge in [0.2, 0.25) is 5.91 Å². The number of aromatic nitrogens is 1. The van der Waals surface area contributed by atoms with Crippen molar-refractivity contribution in [2.75, 3.05) is 12.3 Å². The molecule has 4 heteroatoms. The van der Waals surface area contributed by atoms with E-state index in [1.165, 1.54) is 5.56 Å². The van der Waals surface area contributed by atoms with Crippen LogP contribution in [0.25, 0.3) is 0 Å². The molecule has 114 valence electrons. The summed E-state index contributed by atoms with van der Waals surface area (Å²) in [5, 5.41) is 0.221. The molecule has 0 N–H and O–H groups in total. The first-order chi connectivity index (χ1) is 10.8. The van der Waals surface area contributed by atoms with Gasteiger partial charge in [-0.3, -0.25) is 9.78 Å². The Bertz CT molecular complexity index is 617. The van der Waals surface area contributed by atoms with Crippen LogP contribution < -0.4 is 0 Å². The molecular weight excluding hydrogens is 292 g/mol. The molecule has 0 radical (unpaired) electrons. The number of amides is 1. The van der Waals surface area contributed by atoms with Crippen LogP contribution in [-0.4, -0.2) is 33.5 Å². The molecule has 1 aliphatic heterocycles. The minimum Gasteiger partial charge on any atom is -0.329 e. The van der Waals surface area contributed by atoms with Crippen LogP contribution in [0.15, 0.2) is 54.7 Å². The van der Waals surface area contributed by atoms with Gasteiger partial charge in [-0.2, -0.15) is 0 Å². The molecule has 0 spiro atoms. The van der Waals surface area contributed by atoms with Gasteiger partial charge in [-0.1, -0.05) is 43.3 Å². The third-order valence-electron chi connectivity index (χ3n) is 4.09. The summed E-state index contributed by atoms with van der Waals surface area (Å²) >= 11 is 1.75. The molecule has 1 aromatic carbocycles. The van der Waals surface area contributed by atoms with Crippen LogP contribution >= 0.6 is 11.8 Å². The topological polar surface area (TPSA) is 33.2 Å². The summed E-state index contributed by atoms with van der Waals surface area (Å²) in [7, 11) is 0. The summed E-state index contributed by atoms with van der Waals surface area (Å²) in [5.74, 6) is 1.17. The number of hydrogen-bond donors (Lipinski definition) is 0. The van der Waals surface area contributed by atoms with E-state index in [0.29, 0.717) is 11.7 Å². The lowest BCUT2D eigenvalue weighted by Gasteiger charge is -2.29. The molecule has 2 atom stereocenters. The van der Waals surface area contributed by atoms with Crippen LogP contribution in [0.1, 0.15) is 24.1 Å². The van der Waals surface area contributed by atoms with Crippen molar-refractivity contribution >= 4 is 17.7 Å². The molecule has 2 heterocycles. The number of benzene rings is 1. The first-order valence-corrected chi connectivity index (χ1v) is 8.66. The highest BCUT2D eigenvalue weighted by molar-refractivity contribution is 8.01. The number of thioether (sulfide) groups is 1. The van der Waals surface area contributed by atoms with E-state index < -0.39 is 0 Å². The molecule has 3 nitrogen and oxygen atoms in total. The highest BCUT2D eigenvalue weighted by Gasteiger charge is 2.35. The lowest BCUT2D eigenvalue weighted by molar-refractivity contribution is -0.128. The van der Waals surface area contributed by atoms with Gasteiger partial charge < -0.3 is 4.90 Å². The van der Waals surface area contributed by atoms with E-state index >= 15 is 0 Å². The van der Waals surface area contributed by atoms with Crippen molar-refractivity contribution in [3.63, 3.8) is 0 Å². The van der Waals surface area contributed by atoms with Crippen molar-refractivity contribution in [1.82, 2.24) is 9.88 Å². The highest BCUT2D eigenvalue weighted by atomic mass is 32.2. The van der Waals surface area contributed by atoms with E-state index in [9.17, 15) is 4.79 Å². The van der Waals surface area contributed by atoms with Gasteiger partial charge >= 0.3 is 0 Å². The van der Waals surface area contributed by atoms with Gasteiger partial charge in [-0.15, -0.1) is 11.8 Å². The SMILES string of the molecule is CC(c1ccccc1)C1SCC(=O)N1CCc1ccccn1. The van der Waals surface area contributed by atoms with Crippen molar-refractivity contribution in [2.24, 2.45) is 0 Å². The third kappa shape index (κ3) is 3.33. The van der Waals surface area contributed by atoms with Gasteiger partial charge in [0.05, 0.1) is 11.1 Å². The molecule has 1 aromatic heterocycles. The van der Waals surface area contributed by atoms with Crippen molar-refractivity contribution in [2.45, 2.75) is 24.6 Å². The number of hydrogen-bond acceptors (Lipinski definition) is 3. The largest absolute Gasteiger partial charge is 0.329 e. The Balaban J connectivity index is 1.69. The normalized spacial score (nSPS) is 19.4. The van der Waals surface area contributed by atoms with Crippen molar-refractivity contribution in [1.29, 1.82) is 0 Å². The summed E-state index contributed by atoms with van der Waals surface area (Å²) in [6.45, 7) is 2.95. The van der Waals surface area contributed by atoms with E-state index in [1.807, 2.05) is 29.2 Å². The quantitative estimate of drug-likeness (QED) is 0.849. The molecular formula is C18H20N2OS. The fourth-order valence-electron chi connectivity index (χ4n) is 2.84. The minimum absolute atomic E-state index is 0.221. The lowest BCUT2D eigenvalue weighted by atomic mass is 10.00. The zero-order chi connectivity index (χ0) is 15.4. The molecule has 0 aliphatic carbocycles. The molecule has 0 saturated carbocycles. The van der Waals surface area contributed by atoms with E-state index in [-0.39, 0.29) is 11.3 Å². The Labute approximate surface area is 135 Å². The van der Waals surface area contributed by atoms with Gasteiger partial charge in [-0.25, -0.2) is 0 Å². The molecule has 2 unspecified atom stereocenters. The van der Waals surface area contributed by atoms with Crippen LogP contribution in [-0.2, 0) is 11.2 Å². The summed E-state index contributed by atoms with van der Waals surface area (Å²) in [6.07, 6.45) is 2.62. The van der Waals surface area contributed by atoms with Crippen LogP contribution in [0, 0.1) is 0 Å². The summed E-state index contributed by atoms with van der Waals surface area (Å²) in [6, 6.07) is 16.4. The van der Waals surface area contributed by atoms with Gasteiger partial charge in [0.1, 0.15) is 0 Å². The minimum atomic E-state index is 0.221. The fraction of sp³-hybridized carbons (Fsp3) is 0.333. The maximum atomic E-state index is 12.2. The van der Waals surface area contributed by atoms with Gasteiger partial charge in [0, 0.05) is 30.8 Å². The number of pyridine rings is 1. The molecule has 1 saturated heterocycles. The van der Waals surface area contributed by atoms with E-state index in [2.05, 4.69) is 36.2 Å². The maximum absolute atomic E-state index is 12.2. The molecule has 1 amide bonds. The average Bonchev–Trinajstić information content (AvgIpc) is 2.95. The van der Waals surface area contributed by atoms with Gasteiger partial charge in [-0.05, 0) is 17.7 Å². The Morgan fingerprint density at radius 3 is 2.73 bits per heavy atom. The Hall–Kier alpha value is -1.81. The lowest BCUT2D eigenvalue weighted by Crippen LogP contribution is -2.37. The van der Waals surface area contributed by atoms with Crippen molar-refractivity contribution in [3.05, 3.63) is 66.0 Å². The van der Waals surface area contributed by atoms with E-state index in [4.69, 9.17) is 0 Å². The number of rotatable bonds is 5. The third-order valence-corrected chi connectivity index (χ3v) is 5.51. The molecule has 2 aromatic rings. The second kappa shape index (κ2) is 6.97. The zero-order valence-electron chi connectivity index (χ0n) is 12.7. The number of nitrogens with zero attached hydrogens (tertiary/aromatic N) is 2. The average molecular weight is 312 g/mol. The summed E-state index contributed by atoms with van der Waals surface area (Å²) in [5.41, 5.74) is 2.33. The van der Waals surface area contributed by atoms with E-state index in [1.54, 1.807) is 18.0 Å². The first-order valence-electron chi connectivity index (χ1n) is 7.61. The van der Waals surface area contributed by atoms with Crippen LogP contribution in [0.2, 0.25) is 0 Å². The van der Waals surface area contributed by atoms with Crippen LogP contribution in [0.5, 0.6) is 0 Å². The molecule has 1 aliphatic rings. The molecule has 3 rings (SSSR count). The predicted molar refractivity (Wildman–Crippen MR) is 90.8 cm³/mol. The standard InChI is InChI=1S/C18H20N2OS/c1-14(15-7-3-2-4-8-15)18-20(17(21)13-22-18)12-10-16-9-5-6-11-19-16/h2-9,11,14,18H,10,12-13H2,1H3. The van der Waals surface area contributed by atoms with Crippen LogP contribution in [0.4, 0.5) is 0 Å². The monoisotopic (exact) mass is 312 g/mol. The molecule has 1 fully saturated rings. The van der Waals surface area contributed by atoms with E-state index in [0.717, 1.165) is 18.7 Å². The predicted octanol–water partition coefficient (Wildman–Crippen LogP) is 3.33. The Morgan fingerprint density at radius 1 is 1.23 bits per heavy atom.